The van der Waals surface area contributed by atoms with Crippen LogP contribution < -0.4 is 10.6 Å². The second kappa shape index (κ2) is 8.58. The summed E-state index contributed by atoms with van der Waals surface area (Å²) in [6.07, 6.45) is 0.526. The molecule has 1 heterocycles. The van der Waals surface area contributed by atoms with E-state index in [0.29, 0.717) is 31.6 Å². The van der Waals surface area contributed by atoms with Crippen LogP contribution in [0.15, 0.2) is 18.2 Å². The number of nitrogens with zero attached hydrogens (tertiary/aromatic N) is 1. The van der Waals surface area contributed by atoms with E-state index in [4.69, 9.17) is 9.84 Å². The smallest absolute Gasteiger partial charge is 0.305 e. The standard InChI is InChI=1S/C17H21N3O7/c1-11-8-12(2-3-13(11)20(25)26)16(24)18-10-14(21)19-17(9-15(22)23)4-6-27-7-5-17/h2-3,8H,4-7,9-10H2,1H3,(H,18,24)(H,19,21)(H,22,23). The van der Waals surface area contributed by atoms with Gasteiger partial charge in [0.25, 0.3) is 11.6 Å². The molecule has 0 bridgehead atoms. The lowest BCUT2D eigenvalue weighted by molar-refractivity contribution is -0.385. The zero-order valence-corrected chi connectivity index (χ0v) is 14.8. The summed E-state index contributed by atoms with van der Waals surface area (Å²) in [5, 5.41) is 25.0. The summed E-state index contributed by atoms with van der Waals surface area (Å²) in [7, 11) is 0. The summed E-state index contributed by atoms with van der Waals surface area (Å²) < 4.78 is 5.22. The van der Waals surface area contributed by atoms with Gasteiger partial charge in [0, 0.05) is 30.4 Å². The number of carboxylic acid groups (broad SMARTS) is 1. The Balaban J connectivity index is 1.95. The number of nitrogens with one attached hydrogen (secondary N) is 2. The fourth-order valence-corrected chi connectivity index (χ4v) is 3.00. The van der Waals surface area contributed by atoms with E-state index < -0.39 is 28.2 Å². The molecule has 1 aromatic rings. The normalized spacial score (nSPS) is 15.6. The average Bonchev–Trinajstić information content (AvgIpc) is 2.59. The summed E-state index contributed by atoms with van der Waals surface area (Å²) in [4.78, 5) is 45.7. The van der Waals surface area contributed by atoms with Crippen LogP contribution in [0.25, 0.3) is 0 Å². The summed E-state index contributed by atoms with van der Waals surface area (Å²) >= 11 is 0. The number of ether oxygens (including phenoxy) is 1. The van der Waals surface area contributed by atoms with E-state index >= 15 is 0 Å². The minimum absolute atomic E-state index is 0.0978. The van der Waals surface area contributed by atoms with Gasteiger partial charge in [-0.3, -0.25) is 24.5 Å². The number of hydrogen-bond acceptors (Lipinski definition) is 6. The van der Waals surface area contributed by atoms with Gasteiger partial charge in [-0.05, 0) is 31.9 Å². The number of carbonyl (C=O) groups is 3. The first-order chi connectivity index (χ1) is 12.7. The van der Waals surface area contributed by atoms with Crippen molar-refractivity contribution in [3.63, 3.8) is 0 Å². The Kier molecular flexibility index (Phi) is 6.45. The molecular formula is C17H21N3O7. The van der Waals surface area contributed by atoms with Crippen LogP contribution in [0.1, 0.15) is 35.2 Å². The van der Waals surface area contributed by atoms with E-state index in [-0.39, 0.29) is 24.2 Å². The third-order valence-corrected chi connectivity index (χ3v) is 4.41. The molecular weight excluding hydrogens is 358 g/mol. The van der Waals surface area contributed by atoms with Gasteiger partial charge in [-0.2, -0.15) is 0 Å². The minimum atomic E-state index is -1.03. The van der Waals surface area contributed by atoms with Gasteiger partial charge in [-0.1, -0.05) is 0 Å². The van der Waals surface area contributed by atoms with Crippen LogP contribution in [-0.4, -0.2) is 53.1 Å². The molecule has 27 heavy (non-hydrogen) atoms. The van der Waals surface area contributed by atoms with Crippen molar-refractivity contribution in [1.29, 1.82) is 0 Å². The van der Waals surface area contributed by atoms with E-state index in [1.165, 1.54) is 25.1 Å². The largest absolute Gasteiger partial charge is 0.481 e. The number of aryl methyl sites for hydroxylation is 1. The maximum Gasteiger partial charge on any atom is 0.305 e. The zero-order chi connectivity index (χ0) is 20.0. The van der Waals surface area contributed by atoms with E-state index in [9.17, 15) is 24.5 Å². The molecule has 1 aromatic carbocycles. The molecule has 146 valence electrons. The lowest BCUT2D eigenvalue weighted by atomic mass is 9.86. The number of aliphatic carboxylic acids is 1. The number of benzene rings is 1. The van der Waals surface area contributed by atoms with Gasteiger partial charge < -0.3 is 20.5 Å². The Morgan fingerprint density at radius 2 is 1.96 bits per heavy atom. The predicted molar refractivity (Wildman–Crippen MR) is 93.3 cm³/mol. The maximum absolute atomic E-state index is 12.2. The molecule has 0 aromatic heterocycles. The molecule has 1 fully saturated rings. The molecule has 1 aliphatic heterocycles. The van der Waals surface area contributed by atoms with Crippen molar-refractivity contribution >= 4 is 23.5 Å². The van der Waals surface area contributed by atoms with Crippen LogP contribution in [0.2, 0.25) is 0 Å². The van der Waals surface area contributed by atoms with Gasteiger partial charge in [0.15, 0.2) is 0 Å². The van der Waals surface area contributed by atoms with Crippen LogP contribution in [0, 0.1) is 17.0 Å². The molecule has 2 amide bonds. The highest BCUT2D eigenvalue weighted by molar-refractivity contribution is 5.97. The van der Waals surface area contributed by atoms with Gasteiger partial charge in [0.05, 0.1) is 23.4 Å². The van der Waals surface area contributed by atoms with Crippen molar-refractivity contribution in [2.24, 2.45) is 0 Å². The van der Waals surface area contributed by atoms with E-state index in [2.05, 4.69) is 10.6 Å². The van der Waals surface area contributed by atoms with Crippen LogP contribution in [0.5, 0.6) is 0 Å². The third kappa shape index (κ3) is 5.48. The lowest BCUT2D eigenvalue weighted by Crippen LogP contribution is -2.55. The van der Waals surface area contributed by atoms with E-state index in [0.717, 1.165) is 0 Å². The minimum Gasteiger partial charge on any atom is -0.481 e. The summed E-state index contributed by atoms with van der Waals surface area (Å²) in [5.41, 5.74) is -0.466. The number of rotatable bonds is 7. The molecule has 3 N–H and O–H groups in total. The van der Waals surface area contributed by atoms with Crippen LogP contribution in [-0.2, 0) is 14.3 Å². The fraction of sp³-hybridized carbons (Fsp3) is 0.471. The van der Waals surface area contributed by atoms with E-state index in [1.807, 2.05) is 0 Å². The molecule has 10 nitrogen and oxygen atoms in total. The molecule has 0 saturated carbocycles. The Morgan fingerprint density at radius 3 is 2.52 bits per heavy atom. The highest BCUT2D eigenvalue weighted by Crippen LogP contribution is 2.24. The molecule has 1 aliphatic rings. The SMILES string of the molecule is Cc1cc(C(=O)NCC(=O)NC2(CC(=O)O)CCOCC2)ccc1[N+](=O)[O-]. The molecule has 0 spiro atoms. The monoisotopic (exact) mass is 379 g/mol. The number of nitro benzene ring substituents is 1. The van der Waals surface area contributed by atoms with Gasteiger partial charge >= 0.3 is 5.97 Å². The Bertz CT molecular complexity index is 757. The van der Waals surface area contributed by atoms with E-state index in [1.54, 1.807) is 0 Å². The summed E-state index contributed by atoms with van der Waals surface area (Å²) in [6, 6.07) is 3.91. The van der Waals surface area contributed by atoms with Crippen LogP contribution in [0.3, 0.4) is 0 Å². The third-order valence-electron chi connectivity index (χ3n) is 4.41. The second-order valence-electron chi connectivity index (χ2n) is 6.45. The Labute approximate surface area is 155 Å². The average molecular weight is 379 g/mol. The van der Waals surface area contributed by atoms with Crippen LogP contribution >= 0.6 is 0 Å². The number of carbonyl (C=O) groups excluding carboxylic acids is 2. The van der Waals surface area contributed by atoms with Crippen molar-refractivity contribution in [3.8, 4) is 0 Å². The predicted octanol–water partition coefficient (Wildman–Crippen LogP) is 0.773. The molecule has 0 aliphatic carbocycles. The molecule has 0 atom stereocenters. The lowest BCUT2D eigenvalue weighted by Gasteiger charge is -2.36. The van der Waals surface area contributed by atoms with Gasteiger partial charge in [0.1, 0.15) is 0 Å². The zero-order valence-electron chi connectivity index (χ0n) is 14.8. The summed E-state index contributed by atoms with van der Waals surface area (Å²) in [6.45, 7) is 1.88. The first kappa shape index (κ1) is 20.3. The maximum atomic E-state index is 12.2. The quantitative estimate of drug-likeness (QED) is 0.468. The molecule has 10 heteroatoms. The topological polar surface area (TPSA) is 148 Å². The van der Waals surface area contributed by atoms with Crippen LogP contribution in [0.4, 0.5) is 5.69 Å². The molecule has 2 rings (SSSR count). The first-order valence-corrected chi connectivity index (χ1v) is 8.36. The number of hydrogen-bond donors (Lipinski definition) is 3. The van der Waals surface area contributed by atoms with Crippen molar-refractivity contribution in [1.82, 2.24) is 10.6 Å². The van der Waals surface area contributed by atoms with Crippen molar-refractivity contribution < 1.29 is 29.2 Å². The summed E-state index contributed by atoms with van der Waals surface area (Å²) in [5.74, 6) is -2.09. The van der Waals surface area contributed by atoms with Crippen molar-refractivity contribution in [3.05, 3.63) is 39.4 Å². The number of nitro groups is 1. The van der Waals surface area contributed by atoms with Gasteiger partial charge in [-0.25, -0.2) is 0 Å². The fourth-order valence-electron chi connectivity index (χ4n) is 3.00. The number of amides is 2. The Hall–Kier alpha value is -3.01. The molecule has 1 saturated heterocycles. The van der Waals surface area contributed by atoms with Crippen molar-refractivity contribution in [2.45, 2.75) is 31.7 Å². The van der Waals surface area contributed by atoms with Crippen molar-refractivity contribution in [2.75, 3.05) is 19.8 Å². The first-order valence-electron chi connectivity index (χ1n) is 8.36. The van der Waals surface area contributed by atoms with Gasteiger partial charge in [-0.15, -0.1) is 0 Å². The Morgan fingerprint density at radius 1 is 1.30 bits per heavy atom. The highest BCUT2D eigenvalue weighted by atomic mass is 16.6. The molecule has 0 unspecified atom stereocenters. The van der Waals surface area contributed by atoms with Gasteiger partial charge in [0.2, 0.25) is 5.91 Å². The highest BCUT2D eigenvalue weighted by Gasteiger charge is 2.36. The second-order valence-corrected chi connectivity index (χ2v) is 6.45. The number of carboxylic acids is 1. The molecule has 0 radical (unpaired) electrons.